The minimum atomic E-state index is 1.01. The molecule has 0 heteroatoms. The molecule has 0 radical (unpaired) electrons. The zero-order valence-electron chi connectivity index (χ0n) is 17.2. The molecule has 0 saturated heterocycles. The summed E-state index contributed by atoms with van der Waals surface area (Å²) in [5.41, 5.74) is 0. The summed E-state index contributed by atoms with van der Waals surface area (Å²) in [6.07, 6.45) is 24.7. The molecule has 0 amide bonds. The second-order valence-electron chi connectivity index (χ2n) is 7.92. The van der Waals surface area contributed by atoms with E-state index in [1.54, 1.807) is 0 Å². The summed E-state index contributed by atoms with van der Waals surface area (Å²) < 4.78 is 0. The average Bonchev–Trinajstić information content (AvgIpc) is 2.57. The number of unbranched alkanes of at least 4 members (excludes halogenated alkanes) is 9. The maximum atomic E-state index is 2.42. The molecule has 0 saturated carbocycles. The van der Waals surface area contributed by atoms with Crippen molar-refractivity contribution in [2.75, 3.05) is 0 Å². The summed E-state index contributed by atoms with van der Waals surface area (Å²) in [5.74, 6) is 2.03. The standard InChI is InChI=1S/C23H48/c1-5-9-12-14-15-17-20-23(18-11-7-3)21-22(8-4)19-16-13-10-6-2/h22-23H,5-21H2,1-4H3. The molecule has 0 heterocycles. The van der Waals surface area contributed by atoms with E-state index in [1.807, 2.05) is 0 Å². The fraction of sp³-hybridized carbons (Fsp3) is 1.00. The van der Waals surface area contributed by atoms with Crippen molar-refractivity contribution < 1.29 is 0 Å². The van der Waals surface area contributed by atoms with E-state index in [0.29, 0.717) is 0 Å². The predicted octanol–water partition coefficient (Wildman–Crippen LogP) is 8.93. The Kier molecular flexibility index (Phi) is 18.3. The van der Waals surface area contributed by atoms with E-state index in [0.717, 1.165) is 11.8 Å². The Bertz CT molecular complexity index is 208. The largest absolute Gasteiger partial charge is 0.0654 e. The van der Waals surface area contributed by atoms with Crippen molar-refractivity contribution in [3.63, 3.8) is 0 Å². The SMILES string of the molecule is CCCCCCCCC(CCCC)CC(CC)CCCCCC. The Morgan fingerprint density at radius 2 is 0.870 bits per heavy atom. The van der Waals surface area contributed by atoms with Gasteiger partial charge in [0.25, 0.3) is 0 Å². The lowest BCUT2D eigenvalue weighted by Crippen LogP contribution is -2.09. The van der Waals surface area contributed by atoms with Gasteiger partial charge in [0.2, 0.25) is 0 Å². The fourth-order valence-corrected chi connectivity index (χ4v) is 3.91. The molecular formula is C23H48. The lowest BCUT2D eigenvalue weighted by atomic mass is 9.83. The van der Waals surface area contributed by atoms with E-state index in [9.17, 15) is 0 Å². The van der Waals surface area contributed by atoms with Crippen molar-refractivity contribution in [2.45, 2.75) is 137 Å². The Hall–Kier alpha value is 0. The molecule has 0 aliphatic heterocycles. The molecule has 140 valence electrons. The Labute approximate surface area is 149 Å². The third kappa shape index (κ3) is 15.3. The van der Waals surface area contributed by atoms with Crippen LogP contribution in [0.25, 0.3) is 0 Å². The molecule has 0 bridgehead atoms. The van der Waals surface area contributed by atoms with E-state index in [4.69, 9.17) is 0 Å². The van der Waals surface area contributed by atoms with Crippen LogP contribution in [0.1, 0.15) is 137 Å². The summed E-state index contributed by atoms with van der Waals surface area (Å²) in [6, 6.07) is 0. The molecule has 0 fully saturated rings. The summed E-state index contributed by atoms with van der Waals surface area (Å²) in [7, 11) is 0. The first-order chi connectivity index (χ1) is 11.3. The number of hydrogen-bond acceptors (Lipinski definition) is 0. The van der Waals surface area contributed by atoms with Gasteiger partial charge in [0, 0.05) is 0 Å². The number of hydrogen-bond donors (Lipinski definition) is 0. The van der Waals surface area contributed by atoms with Gasteiger partial charge in [-0.3, -0.25) is 0 Å². The van der Waals surface area contributed by atoms with Crippen LogP contribution in [0.3, 0.4) is 0 Å². The highest BCUT2D eigenvalue weighted by molar-refractivity contribution is 4.67. The zero-order chi connectivity index (χ0) is 17.2. The first-order valence-corrected chi connectivity index (χ1v) is 11.3. The molecule has 2 unspecified atom stereocenters. The quantitative estimate of drug-likeness (QED) is 0.221. The van der Waals surface area contributed by atoms with Gasteiger partial charge in [-0.15, -0.1) is 0 Å². The molecule has 2 atom stereocenters. The molecule has 23 heavy (non-hydrogen) atoms. The molecule has 0 nitrogen and oxygen atoms in total. The van der Waals surface area contributed by atoms with Crippen molar-refractivity contribution in [3.05, 3.63) is 0 Å². The van der Waals surface area contributed by atoms with Crippen LogP contribution in [-0.2, 0) is 0 Å². The van der Waals surface area contributed by atoms with Crippen molar-refractivity contribution in [1.82, 2.24) is 0 Å². The Morgan fingerprint density at radius 3 is 1.43 bits per heavy atom. The number of rotatable bonds is 18. The summed E-state index contributed by atoms with van der Waals surface area (Å²) in [5, 5.41) is 0. The topological polar surface area (TPSA) is 0 Å². The minimum Gasteiger partial charge on any atom is -0.0654 e. The van der Waals surface area contributed by atoms with Crippen LogP contribution in [0.4, 0.5) is 0 Å². The molecule has 0 aromatic heterocycles. The predicted molar refractivity (Wildman–Crippen MR) is 108 cm³/mol. The summed E-state index contributed by atoms with van der Waals surface area (Å²) in [6.45, 7) is 9.40. The van der Waals surface area contributed by atoms with Gasteiger partial charge in [0.15, 0.2) is 0 Å². The van der Waals surface area contributed by atoms with Gasteiger partial charge in [-0.1, -0.05) is 130 Å². The van der Waals surface area contributed by atoms with Crippen LogP contribution < -0.4 is 0 Å². The van der Waals surface area contributed by atoms with Crippen molar-refractivity contribution in [2.24, 2.45) is 11.8 Å². The van der Waals surface area contributed by atoms with E-state index >= 15 is 0 Å². The van der Waals surface area contributed by atoms with Crippen LogP contribution in [0.15, 0.2) is 0 Å². The highest BCUT2D eigenvalue weighted by Gasteiger charge is 2.15. The normalized spacial score (nSPS) is 14.1. The zero-order valence-corrected chi connectivity index (χ0v) is 17.2. The van der Waals surface area contributed by atoms with Crippen LogP contribution in [0.2, 0.25) is 0 Å². The first kappa shape index (κ1) is 23.0. The van der Waals surface area contributed by atoms with Crippen LogP contribution in [-0.4, -0.2) is 0 Å². The average molecular weight is 325 g/mol. The van der Waals surface area contributed by atoms with Gasteiger partial charge in [0.1, 0.15) is 0 Å². The van der Waals surface area contributed by atoms with E-state index in [2.05, 4.69) is 27.7 Å². The minimum absolute atomic E-state index is 1.01. The van der Waals surface area contributed by atoms with Gasteiger partial charge >= 0.3 is 0 Å². The van der Waals surface area contributed by atoms with Crippen LogP contribution in [0, 0.1) is 11.8 Å². The highest BCUT2D eigenvalue weighted by Crippen LogP contribution is 2.29. The van der Waals surface area contributed by atoms with Gasteiger partial charge in [-0.25, -0.2) is 0 Å². The van der Waals surface area contributed by atoms with Gasteiger partial charge < -0.3 is 0 Å². The second-order valence-corrected chi connectivity index (χ2v) is 7.92. The monoisotopic (exact) mass is 324 g/mol. The van der Waals surface area contributed by atoms with Crippen LogP contribution in [0.5, 0.6) is 0 Å². The Morgan fingerprint density at radius 1 is 0.435 bits per heavy atom. The molecule has 0 rings (SSSR count). The first-order valence-electron chi connectivity index (χ1n) is 11.3. The molecule has 0 aliphatic carbocycles. The summed E-state index contributed by atoms with van der Waals surface area (Å²) >= 11 is 0. The lowest BCUT2D eigenvalue weighted by Gasteiger charge is -2.23. The smallest absolute Gasteiger partial charge is 0.0412 e. The van der Waals surface area contributed by atoms with Crippen molar-refractivity contribution >= 4 is 0 Å². The van der Waals surface area contributed by atoms with Gasteiger partial charge in [-0.2, -0.15) is 0 Å². The highest BCUT2D eigenvalue weighted by atomic mass is 14.2. The maximum Gasteiger partial charge on any atom is -0.0412 e. The molecular weight excluding hydrogens is 276 g/mol. The lowest BCUT2D eigenvalue weighted by molar-refractivity contribution is 0.295. The molecule has 0 aromatic rings. The molecule has 0 aromatic carbocycles. The van der Waals surface area contributed by atoms with Crippen molar-refractivity contribution in [3.8, 4) is 0 Å². The third-order valence-electron chi connectivity index (χ3n) is 5.64. The molecule has 0 aliphatic rings. The van der Waals surface area contributed by atoms with E-state index < -0.39 is 0 Å². The van der Waals surface area contributed by atoms with Crippen molar-refractivity contribution in [1.29, 1.82) is 0 Å². The maximum absolute atomic E-state index is 2.42. The fourth-order valence-electron chi connectivity index (χ4n) is 3.91. The van der Waals surface area contributed by atoms with Gasteiger partial charge in [0.05, 0.1) is 0 Å². The van der Waals surface area contributed by atoms with E-state index in [-0.39, 0.29) is 0 Å². The van der Waals surface area contributed by atoms with Crippen LogP contribution >= 0.6 is 0 Å². The summed E-state index contributed by atoms with van der Waals surface area (Å²) in [4.78, 5) is 0. The van der Waals surface area contributed by atoms with Gasteiger partial charge in [-0.05, 0) is 18.3 Å². The third-order valence-corrected chi connectivity index (χ3v) is 5.64. The van der Waals surface area contributed by atoms with E-state index in [1.165, 1.54) is 109 Å². The molecule has 0 spiro atoms. The Balaban J connectivity index is 3.97. The molecule has 0 N–H and O–H groups in total. The second kappa shape index (κ2) is 18.3.